The van der Waals surface area contributed by atoms with Crippen LogP contribution in [-0.4, -0.2) is 68.1 Å². The first-order valence-corrected chi connectivity index (χ1v) is 9.65. The van der Waals surface area contributed by atoms with Gasteiger partial charge in [-0.1, -0.05) is 23.7 Å². The molecule has 2 amide bonds. The molecule has 2 aromatic carbocycles. The highest BCUT2D eigenvalue weighted by Crippen LogP contribution is 2.30. The minimum atomic E-state index is -0.239. The summed E-state index contributed by atoms with van der Waals surface area (Å²) in [6, 6.07) is 14.3. The molecule has 0 fully saturated rings. The van der Waals surface area contributed by atoms with Gasteiger partial charge in [0.1, 0.15) is 6.61 Å². The predicted octanol–water partition coefficient (Wildman–Crippen LogP) is 2.51. The van der Waals surface area contributed by atoms with E-state index in [0.29, 0.717) is 35.4 Å². The summed E-state index contributed by atoms with van der Waals surface area (Å²) in [7, 11) is 3.44. The number of carbonyl (C=O) groups is 2. The molecule has 0 spiro atoms. The molecule has 2 aromatic rings. The predicted molar refractivity (Wildman–Crippen MR) is 112 cm³/mol. The van der Waals surface area contributed by atoms with Crippen molar-refractivity contribution in [2.75, 3.05) is 45.7 Å². The van der Waals surface area contributed by atoms with Gasteiger partial charge >= 0.3 is 0 Å². The highest BCUT2D eigenvalue weighted by molar-refractivity contribution is 6.30. The van der Waals surface area contributed by atoms with Crippen LogP contribution in [0, 0.1) is 0 Å². The van der Waals surface area contributed by atoms with E-state index < -0.39 is 0 Å². The molecule has 8 heteroatoms. The Morgan fingerprint density at radius 2 is 1.76 bits per heavy atom. The van der Waals surface area contributed by atoms with Gasteiger partial charge in [-0.15, -0.1) is 0 Å². The Morgan fingerprint density at radius 3 is 2.48 bits per heavy atom. The summed E-state index contributed by atoms with van der Waals surface area (Å²) in [4.78, 5) is 27.9. The number of nitrogens with zero attached hydrogens (tertiary/aromatic N) is 2. The molecule has 1 aliphatic heterocycles. The summed E-state index contributed by atoms with van der Waals surface area (Å²) in [6.45, 7) is 0.999. The molecule has 0 saturated heterocycles. The zero-order valence-electron chi connectivity index (χ0n) is 16.4. The maximum Gasteiger partial charge on any atom is 0.238 e. The number of rotatable bonds is 7. The van der Waals surface area contributed by atoms with Crippen LogP contribution in [-0.2, 0) is 9.59 Å². The summed E-state index contributed by atoms with van der Waals surface area (Å²) >= 11 is 5.83. The van der Waals surface area contributed by atoms with E-state index in [-0.39, 0.29) is 31.0 Å². The second-order valence-electron chi connectivity index (χ2n) is 7.00. The van der Waals surface area contributed by atoms with Crippen molar-refractivity contribution in [3.8, 4) is 11.5 Å². The van der Waals surface area contributed by atoms with Crippen LogP contribution >= 0.6 is 11.6 Å². The maximum atomic E-state index is 12.5. The maximum absolute atomic E-state index is 12.5. The number of fused-ring (bicyclic) bond motifs is 1. The standard InChI is InChI=1S/C21H24ClN3O4/c1-24(12-20(26)23-16-9-7-15(22)8-10-16)13-21(27)25(2)11-17-14-28-18-5-3-4-6-19(18)29-17/h3-10,17H,11-14H2,1-2H3,(H,23,26)/t17-/m1/s1. The molecule has 3 rings (SSSR count). The Labute approximate surface area is 175 Å². The van der Waals surface area contributed by atoms with Crippen LogP contribution in [0.1, 0.15) is 0 Å². The fourth-order valence-corrected chi connectivity index (χ4v) is 3.07. The van der Waals surface area contributed by atoms with Gasteiger partial charge in [0.2, 0.25) is 11.8 Å². The van der Waals surface area contributed by atoms with Crippen molar-refractivity contribution in [3.63, 3.8) is 0 Å². The smallest absolute Gasteiger partial charge is 0.238 e. The molecule has 0 aliphatic carbocycles. The second-order valence-corrected chi connectivity index (χ2v) is 7.44. The van der Waals surface area contributed by atoms with Crippen LogP contribution in [0.15, 0.2) is 48.5 Å². The topological polar surface area (TPSA) is 71.1 Å². The van der Waals surface area contributed by atoms with Crippen molar-refractivity contribution in [1.82, 2.24) is 9.80 Å². The molecule has 0 saturated carbocycles. The van der Waals surface area contributed by atoms with E-state index in [1.807, 2.05) is 24.3 Å². The lowest BCUT2D eigenvalue weighted by Crippen LogP contribution is -2.45. The van der Waals surface area contributed by atoms with E-state index in [0.717, 1.165) is 0 Å². The van der Waals surface area contributed by atoms with E-state index in [1.54, 1.807) is 48.2 Å². The number of para-hydroxylation sites is 2. The molecule has 1 heterocycles. The highest BCUT2D eigenvalue weighted by atomic mass is 35.5. The highest BCUT2D eigenvalue weighted by Gasteiger charge is 2.24. The minimum absolute atomic E-state index is 0.0959. The molecule has 154 valence electrons. The van der Waals surface area contributed by atoms with Crippen LogP contribution in [0.25, 0.3) is 0 Å². The summed E-state index contributed by atoms with van der Waals surface area (Å²) in [5.74, 6) is 1.09. The number of amides is 2. The van der Waals surface area contributed by atoms with Gasteiger partial charge in [-0.3, -0.25) is 14.5 Å². The molecule has 0 radical (unpaired) electrons. The number of carbonyl (C=O) groups excluding carboxylic acids is 2. The Balaban J connectivity index is 1.43. The number of ether oxygens (including phenoxy) is 2. The number of benzene rings is 2. The van der Waals surface area contributed by atoms with Gasteiger partial charge in [0.25, 0.3) is 0 Å². The van der Waals surface area contributed by atoms with Crippen LogP contribution in [0.5, 0.6) is 11.5 Å². The number of nitrogens with one attached hydrogen (secondary N) is 1. The normalized spacial score (nSPS) is 15.1. The molecule has 1 aliphatic rings. The average molecular weight is 418 g/mol. The van der Waals surface area contributed by atoms with E-state index >= 15 is 0 Å². The number of anilines is 1. The quantitative estimate of drug-likeness (QED) is 0.749. The molecule has 29 heavy (non-hydrogen) atoms. The third kappa shape index (κ3) is 6.10. The molecule has 1 atom stereocenters. The van der Waals surface area contributed by atoms with Crippen molar-refractivity contribution in [1.29, 1.82) is 0 Å². The van der Waals surface area contributed by atoms with Gasteiger partial charge in [-0.2, -0.15) is 0 Å². The number of likely N-dealkylation sites (N-methyl/N-ethyl adjacent to an activating group) is 2. The van der Waals surface area contributed by atoms with Gasteiger partial charge in [0.15, 0.2) is 17.6 Å². The van der Waals surface area contributed by atoms with Crippen LogP contribution < -0.4 is 14.8 Å². The third-order valence-corrected chi connectivity index (χ3v) is 4.67. The number of hydrogen-bond acceptors (Lipinski definition) is 5. The van der Waals surface area contributed by atoms with Crippen molar-refractivity contribution >= 4 is 29.1 Å². The van der Waals surface area contributed by atoms with E-state index in [4.69, 9.17) is 21.1 Å². The van der Waals surface area contributed by atoms with Crippen molar-refractivity contribution in [3.05, 3.63) is 53.6 Å². The molecular formula is C21H24ClN3O4. The fourth-order valence-electron chi connectivity index (χ4n) is 2.95. The van der Waals surface area contributed by atoms with Gasteiger partial charge in [-0.25, -0.2) is 0 Å². The Kier molecular flexibility index (Phi) is 6.95. The minimum Gasteiger partial charge on any atom is -0.486 e. The van der Waals surface area contributed by atoms with E-state index in [2.05, 4.69) is 5.32 Å². The lowest BCUT2D eigenvalue weighted by Gasteiger charge is -2.30. The molecule has 1 N–H and O–H groups in total. The summed E-state index contributed by atoms with van der Waals surface area (Å²) < 4.78 is 11.6. The molecule has 7 nitrogen and oxygen atoms in total. The zero-order valence-corrected chi connectivity index (χ0v) is 17.2. The average Bonchev–Trinajstić information content (AvgIpc) is 2.69. The third-order valence-electron chi connectivity index (χ3n) is 4.42. The van der Waals surface area contributed by atoms with Gasteiger partial charge in [-0.05, 0) is 43.4 Å². The first kappa shape index (κ1) is 21.0. The van der Waals surface area contributed by atoms with Crippen molar-refractivity contribution < 1.29 is 19.1 Å². The molecule has 0 aromatic heterocycles. The van der Waals surface area contributed by atoms with E-state index in [1.165, 1.54) is 0 Å². The largest absolute Gasteiger partial charge is 0.486 e. The summed E-state index contributed by atoms with van der Waals surface area (Å²) in [6.07, 6.45) is -0.239. The number of halogens is 1. The summed E-state index contributed by atoms with van der Waals surface area (Å²) in [5.41, 5.74) is 0.658. The first-order chi connectivity index (χ1) is 13.9. The van der Waals surface area contributed by atoms with Gasteiger partial charge in [0, 0.05) is 17.8 Å². The lowest BCUT2D eigenvalue weighted by molar-refractivity contribution is -0.132. The Bertz CT molecular complexity index is 859. The van der Waals surface area contributed by atoms with E-state index in [9.17, 15) is 9.59 Å². The number of hydrogen-bond donors (Lipinski definition) is 1. The Morgan fingerprint density at radius 1 is 1.07 bits per heavy atom. The SMILES string of the molecule is CN(CC(=O)Nc1ccc(Cl)cc1)CC(=O)N(C)C[C@@H]1COc2ccccc2O1. The van der Waals surface area contributed by atoms with Crippen LogP contribution in [0.3, 0.4) is 0 Å². The van der Waals surface area contributed by atoms with Gasteiger partial charge < -0.3 is 19.7 Å². The molecule has 0 unspecified atom stereocenters. The molecule has 0 bridgehead atoms. The molecular weight excluding hydrogens is 394 g/mol. The monoisotopic (exact) mass is 417 g/mol. The summed E-state index contributed by atoms with van der Waals surface area (Å²) in [5, 5.41) is 3.38. The fraction of sp³-hybridized carbons (Fsp3) is 0.333. The Hall–Kier alpha value is -2.77. The first-order valence-electron chi connectivity index (χ1n) is 9.27. The van der Waals surface area contributed by atoms with Crippen LogP contribution in [0.4, 0.5) is 5.69 Å². The lowest BCUT2D eigenvalue weighted by atomic mass is 10.2. The second kappa shape index (κ2) is 9.62. The zero-order chi connectivity index (χ0) is 20.8. The van der Waals surface area contributed by atoms with Gasteiger partial charge in [0.05, 0.1) is 19.6 Å². The van der Waals surface area contributed by atoms with Crippen molar-refractivity contribution in [2.24, 2.45) is 0 Å². The van der Waals surface area contributed by atoms with Crippen LogP contribution in [0.2, 0.25) is 5.02 Å². The van der Waals surface area contributed by atoms with Crippen molar-refractivity contribution in [2.45, 2.75) is 6.10 Å².